The molecular formula is C21H26F2N4O3. The van der Waals surface area contributed by atoms with E-state index in [0.29, 0.717) is 13.1 Å². The van der Waals surface area contributed by atoms with Crippen molar-refractivity contribution >= 4 is 28.2 Å². The van der Waals surface area contributed by atoms with Crippen LogP contribution < -0.4 is 21.4 Å². The highest BCUT2D eigenvalue weighted by Crippen LogP contribution is 2.43. The molecule has 0 spiro atoms. The lowest BCUT2D eigenvalue weighted by Crippen LogP contribution is -2.45. The molecular weight excluding hydrogens is 394 g/mol. The van der Waals surface area contributed by atoms with Crippen molar-refractivity contribution in [1.82, 2.24) is 9.88 Å². The van der Waals surface area contributed by atoms with Gasteiger partial charge in [-0.2, -0.15) is 0 Å². The Morgan fingerprint density at radius 2 is 1.93 bits per heavy atom. The molecule has 30 heavy (non-hydrogen) atoms. The van der Waals surface area contributed by atoms with E-state index in [1.165, 1.54) is 4.57 Å². The first-order chi connectivity index (χ1) is 14.1. The zero-order valence-electron chi connectivity index (χ0n) is 17.3. The molecule has 0 unspecified atom stereocenters. The molecule has 2 heterocycles. The summed E-state index contributed by atoms with van der Waals surface area (Å²) in [5.74, 6) is -3.15. The van der Waals surface area contributed by atoms with E-state index in [1.54, 1.807) is 4.90 Å². The number of rotatable bonds is 5. The van der Waals surface area contributed by atoms with Crippen LogP contribution in [0.2, 0.25) is 0 Å². The van der Waals surface area contributed by atoms with Crippen LogP contribution in [0, 0.1) is 17.6 Å². The molecule has 4 rings (SSSR count). The van der Waals surface area contributed by atoms with E-state index < -0.39 is 39.7 Å². The van der Waals surface area contributed by atoms with Crippen molar-refractivity contribution in [2.75, 3.05) is 30.8 Å². The number of hydrogen-bond donors (Lipinski definition) is 3. The molecule has 4 N–H and O–H groups in total. The van der Waals surface area contributed by atoms with Gasteiger partial charge in [-0.25, -0.2) is 13.6 Å². The first kappa shape index (κ1) is 20.6. The number of nitrogens with zero attached hydrogens (tertiary/aromatic N) is 2. The summed E-state index contributed by atoms with van der Waals surface area (Å²) in [4.78, 5) is 25.9. The summed E-state index contributed by atoms with van der Waals surface area (Å²) in [7, 11) is 1.85. The highest BCUT2D eigenvalue weighted by Gasteiger charge is 2.38. The number of nitrogens with two attached hydrogens (primary N) is 1. The Hall–Kier alpha value is -2.68. The van der Waals surface area contributed by atoms with Crippen LogP contribution in [-0.2, 0) is 0 Å². The molecule has 1 aliphatic carbocycles. The Bertz CT molecular complexity index is 1110. The number of aromatic nitrogens is 1. The second-order valence-corrected chi connectivity index (χ2v) is 8.83. The van der Waals surface area contributed by atoms with Crippen LogP contribution in [0.4, 0.5) is 20.2 Å². The van der Waals surface area contributed by atoms with Crippen LogP contribution in [-0.4, -0.2) is 41.3 Å². The molecule has 1 aliphatic heterocycles. The fourth-order valence-corrected chi connectivity index (χ4v) is 4.38. The van der Waals surface area contributed by atoms with Gasteiger partial charge in [0, 0.05) is 30.9 Å². The van der Waals surface area contributed by atoms with Crippen molar-refractivity contribution in [1.29, 1.82) is 0 Å². The van der Waals surface area contributed by atoms with E-state index in [4.69, 9.17) is 5.73 Å². The third-order valence-corrected chi connectivity index (χ3v) is 6.70. The molecule has 2 aliphatic rings. The number of benzene rings is 1. The van der Waals surface area contributed by atoms with Gasteiger partial charge >= 0.3 is 5.97 Å². The lowest BCUT2D eigenvalue weighted by Gasteiger charge is -2.32. The smallest absolute Gasteiger partial charge is 0.341 e. The average molecular weight is 420 g/mol. The van der Waals surface area contributed by atoms with Crippen molar-refractivity contribution in [3.63, 3.8) is 0 Å². The highest BCUT2D eigenvalue weighted by atomic mass is 19.1. The minimum atomic E-state index is -1.45. The monoisotopic (exact) mass is 420 g/mol. The largest absolute Gasteiger partial charge is 0.477 e. The summed E-state index contributed by atoms with van der Waals surface area (Å²) in [6.07, 6.45) is 3.36. The fraction of sp³-hybridized carbons (Fsp3) is 0.524. The topological polar surface area (TPSA) is 101 Å². The zero-order chi connectivity index (χ0) is 22.0. The van der Waals surface area contributed by atoms with Crippen LogP contribution in [0.3, 0.4) is 0 Å². The molecule has 0 radical (unpaired) electrons. The van der Waals surface area contributed by atoms with Gasteiger partial charge in [0.1, 0.15) is 11.3 Å². The maximum absolute atomic E-state index is 15.8. The number of carboxylic acid groups (broad SMARTS) is 1. The molecule has 2 fully saturated rings. The lowest BCUT2D eigenvalue weighted by atomic mass is 9.87. The number of nitrogens with one attached hydrogen (secondary N) is 1. The van der Waals surface area contributed by atoms with Crippen molar-refractivity contribution in [2.45, 2.75) is 44.7 Å². The molecule has 0 amide bonds. The number of hydrogen-bond acceptors (Lipinski definition) is 5. The van der Waals surface area contributed by atoms with E-state index in [1.807, 2.05) is 20.9 Å². The van der Waals surface area contributed by atoms with Crippen molar-refractivity contribution in [2.24, 2.45) is 5.92 Å². The first-order valence-electron chi connectivity index (χ1n) is 10.1. The van der Waals surface area contributed by atoms with E-state index >= 15 is 8.78 Å². The normalized spacial score (nSPS) is 19.6. The van der Waals surface area contributed by atoms with E-state index in [9.17, 15) is 14.7 Å². The molecule has 2 aromatic rings. The van der Waals surface area contributed by atoms with Crippen LogP contribution >= 0.6 is 0 Å². The van der Waals surface area contributed by atoms with Gasteiger partial charge < -0.3 is 25.6 Å². The Morgan fingerprint density at radius 3 is 2.50 bits per heavy atom. The number of carbonyl (C=O) groups is 1. The summed E-state index contributed by atoms with van der Waals surface area (Å²) in [6, 6.07) is -0.132. The van der Waals surface area contributed by atoms with Crippen molar-refractivity contribution in [3.8, 4) is 0 Å². The summed E-state index contributed by atoms with van der Waals surface area (Å²) in [6.45, 7) is 4.98. The summed E-state index contributed by atoms with van der Waals surface area (Å²) < 4.78 is 32.5. The van der Waals surface area contributed by atoms with Crippen molar-refractivity contribution < 1.29 is 18.7 Å². The summed E-state index contributed by atoms with van der Waals surface area (Å²) in [5.41, 5.74) is 3.40. The van der Waals surface area contributed by atoms with Crippen LogP contribution in [0.25, 0.3) is 10.9 Å². The van der Waals surface area contributed by atoms with Crippen LogP contribution in [0.1, 0.15) is 49.5 Å². The Morgan fingerprint density at radius 1 is 1.27 bits per heavy atom. The first-order valence-corrected chi connectivity index (χ1v) is 10.1. The highest BCUT2D eigenvalue weighted by molar-refractivity contribution is 5.99. The number of halogens is 2. The molecule has 0 bridgehead atoms. The van der Waals surface area contributed by atoms with E-state index in [0.717, 1.165) is 25.5 Å². The van der Waals surface area contributed by atoms with E-state index in [-0.39, 0.29) is 28.7 Å². The minimum Gasteiger partial charge on any atom is -0.477 e. The van der Waals surface area contributed by atoms with Gasteiger partial charge in [-0.05, 0) is 46.1 Å². The molecule has 7 nitrogen and oxygen atoms in total. The number of anilines is 2. The maximum Gasteiger partial charge on any atom is 0.341 e. The quantitative estimate of drug-likeness (QED) is 0.643. The number of nitrogen functional groups attached to an aromatic ring is 1. The predicted octanol–water partition coefficient (Wildman–Crippen LogP) is 2.72. The molecule has 1 aromatic heterocycles. The molecule has 1 saturated carbocycles. The molecule has 162 valence electrons. The Balaban J connectivity index is 1.94. The number of aromatic carboxylic acids is 1. The zero-order valence-corrected chi connectivity index (χ0v) is 17.3. The van der Waals surface area contributed by atoms with Gasteiger partial charge in [-0.15, -0.1) is 0 Å². The molecule has 1 atom stereocenters. The van der Waals surface area contributed by atoms with Crippen molar-refractivity contribution in [3.05, 3.63) is 33.6 Å². The number of fused-ring (bicyclic) bond motifs is 1. The number of pyridine rings is 1. The Kier molecular flexibility index (Phi) is 4.76. The third-order valence-electron chi connectivity index (χ3n) is 6.70. The van der Waals surface area contributed by atoms with Crippen LogP contribution in [0.15, 0.2) is 11.0 Å². The van der Waals surface area contributed by atoms with E-state index in [2.05, 4.69) is 5.32 Å². The summed E-state index contributed by atoms with van der Waals surface area (Å²) in [5, 5.41) is 12.2. The third kappa shape index (κ3) is 3.03. The number of carboxylic acids is 1. The van der Waals surface area contributed by atoms with Gasteiger partial charge in [-0.1, -0.05) is 0 Å². The molecule has 9 heteroatoms. The Labute approximate surface area is 172 Å². The van der Waals surface area contributed by atoms with Gasteiger partial charge in [0.15, 0.2) is 11.6 Å². The average Bonchev–Trinajstić information content (AvgIpc) is 3.42. The maximum atomic E-state index is 15.8. The lowest BCUT2D eigenvalue weighted by molar-refractivity contribution is 0.0695. The minimum absolute atomic E-state index is 0.113. The van der Waals surface area contributed by atoms with Gasteiger partial charge in [0.05, 0.1) is 16.6 Å². The predicted molar refractivity (Wildman–Crippen MR) is 111 cm³/mol. The standard InChI is InChI=1S/C21H26F2N4O3/c1-21(2,25-3)10-6-7-26(8-10)18-14(22)16(24)13-17(15(18)23)27(11-4-5-11)9-12(19(13)28)20(29)30/h9-11,25H,4-8,24H2,1-3H3,(H,29,30)/t10-/m0/s1. The molecule has 1 aromatic carbocycles. The second-order valence-electron chi connectivity index (χ2n) is 8.83. The van der Waals surface area contributed by atoms with Gasteiger partial charge in [0.25, 0.3) is 0 Å². The van der Waals surface area contributed by atoms with Gasteiger partial charge in [0.2, 0.25) is 5.43 Å². The summed E-state index contributed by atoms with van der Waals surface area (Å²) >= 11 is 0. The molecule has 1 saturated heterocycles. The second kappa shape index (κ2) is 6.94. The fourth-order valence-electron chi connectivity index (χ4n) is 4.38. The van der Waals surface area contributed by atoms with Crippen LogP contribution in [0.5, 0.6) is 0 Å². The van der Waals surface area contributed by atoms with Gasteiger partial charge in [-0.3, -0.25) is 4.79 Å². The SMILES string of the molecule is CNC(C)(C)[C@H]1CCN(c2c(F)c(N)c3c(=O)c(C(=O)O)cn(C4CC4)c3c2F)C1.